The Balaban J connectivity index is 1.34. The van der Waals surface area contributed by atoms with Crippen LogP contribution in [-0.4, -0.2) is 43.5 Å². The number of fused-ring (bicyclic) bond motifs is 2. The minimum absolute atomic E-state index is 0.0601. The molecule has 3 N–H and O–H groups in total. The van der Waals surface area contributed by atoms with Gasteiger partial charge in [-0.05, 0) is 53.2 Å². The lowest BCUT2D eigenvalue weighted by atomic mass is 10.0. The van der Waals surface area contributed by atoms with E-state index in [2.05, 4.69) is 54.3 Å². The van der Waals surface area contributed by atoms with E-state index in [1.54, 1.807) is 0 Å². The molecular formula is C24H23N9O2. The van der Waals surface area contributed by atoms with Crippen molar-refractivity contribution in [2.24, 2.45) is 5.10 Å². The number of hydrogen-bond acceptors (Lipinski definition) is 9. The molecule has 176 valence electrons. The van der Waals surface area contributed by atoms with Crippen LogP contribution >= 0.6 is 0 Å². The highest BCUT2D eigenvalue weighted by atomic mass is 16.6. The average Bonchev–Trinajstić information content (AvgIpc) is 3.61. The van der Waals surface area contributed by atoms with E-state index in [1.165, 1.54) is 15.8 Å². The molecule has 2 aromatic heterocycles. The summed E-state index contributed by atoms with van der Waals surface area (Å²) < 4.78 is 6.18. The second-order valence-electron chi connectivity index (χ2n) is 8.58. The predicted molar refractivity (Wildman–Crippen MR) is 128 cm³/mol. The van der Waals surface area contributed by atoms with Gasteiger partial charge in [-0.15, -0.1) is 5.10 Å². The monoisotopic (exact) mass is 469 g/mol. The summed E-state index contributed by atoms with van der Waals surface area (Å²) in [4.78, 5) is 15.4. The van der Waals surface area contributed by atoms with Gasteiger partial charge in [0.25, 0.3) is 5.91 Å². The number of aromatic nitrogens is 5. The second kappa shape index (κ2) is 8.67. The number of nitrogen functional groups attached to an aromatic ring is 1. The maximum absolute atomic E-state index is 13.2. The van der Waals surface area contributed by atoms with Crippen LogP contribution in [0.2, 0.25) is 0 Å². The van der Waals surface area contributed by atoms with Crippen LogP contribution in [0.5, 0.6) is 0 Å². The number of rotatable bonds is 5. The van der Waals surface area contributed by atoms with Gasteiger partial charge >= 0.3 is 0 Å². The van der Waals surface area contributed by atoms with Crippen molar-refractivity contribution in [2.75, 3.05) is 17.2 Å². The van der Waals surface area contributed by atoms with Gasteiger partial charge in [-0.3, -0.25) is 4.79 Å². The van der Waals surface area contributed by atoms with Crippen LogP contribution in [0.15, 0.2) is 58.3 Å². The molecule has 0 radical (unpaired) electrons. The number of amides is 1. The van der Waals surface area contributed by atoms with Crippen molar-refractivity contribution in [1.82, 2.24) is 30.7 Å². The fourth-order valence-electron chi connectivity index (χ4n) is 4.78. The molecule has 2 aromatic carbocycles. The maximum Gasteiger partial charge on any atom is 0.293 e. The Morgan fingerprint density at radius 2 is 1.89 bits per heavy atom. The molecule has 0 atom stereocenters. The number of aryl methyl sites for hydroxylation is 2. The lowest BCUT2D eigenvalue weighted by Gasteiger charge is -2.31. The first-order valence-corrected chi connectivity index (χ1v) is 11.5. The number of nitrogens with one attached hydrogen (secondary N) is 1. The summed E-state index contributed by atoms with van der Waals surface area (Å²) in [5.41, 5.74) is 14.8. The van der Waals surface area contributed by atoms with E-state index < -0.39 is 5.91 Å². The van der Waals surface area contributed by atoms with Crippen LogP contribution in [0, 0.1) is 0 Å². The topological polar surface area (TPSA) is 140 Å². The highest BCUT2D eigenvalue weighted by molar-refractivity contribution is 6.05. The van der Waals surface area contributed by atoms with Gasteiger partial charge in [0, 0.05) is 17.8 Å². The minimum atomic E-state index is -0.455. The summed E-state index contributed by atoms with van der Waals surface area (Å²) in [6.07, 6.45) is 3.68. The number of hydrogen-bond donors (Lipinski definition) is 2. The van der Waals surface area contributed by atoms with Crippen molar-refractivity contribution in [3.8, 4) is 5.82 Å². The first kappa shape index (κ1) is 21.0. The number of nitrogens with zero attached hydrogens (tertiary/aromatic N) is 7. The quantitative estimate of drug-likeness (QED) is 0.424. The van der Waals surface area contributed by atoms with E-state index in [1.807, 2.05) is 30.3 Å². The molecule has 0 fully saturated rings. The summed E-state index contributed by atoms with van der Waals surface area (Å²) in [5.74, 6) is -0.207. The molecule has 11 nitrogen and oxygen atoms in total. The van der Waals surface area contributed by atoms with Gasteiger partial charge in [-0.2, -0.15) is 9.78 Å². The van der Waals surface area contributed by atoms with E-state index in [-0.39, 0.29) is 17.3 Å². The normalized spacial score (nSPS) is 15.8. The van der Waals surface area contributed by atoms with Gasteiger partial charge in [0.2, 0.25) is 11.6 Å². The Bertz CT molecular complexity index is 1440. The molecule has 1 amide bonds. The van der Waals surface area contributed by atoms with E-state index in [0.717, 1.165) is 49.2 Å². The number of nitrogens with two attached hydrogens (primary N) is 1. The third-order valence-electron chi connectivity index (χ3n) is 6.47. The molecule has 3 heterocycles. The molecule has 0 spiro atoms. The van der Waals surface area contributed by atoms with Gasteiger partial charge in [0.1, 0.15) is 0 Å². The van der Waals surface area contributed by atoms with Gasteiger partial charge in [-0.1, -0.05) is 47.7 Å². The summed E-state index contributed by atoms with van der Waals surface area (Å²) >= 11 is 0. The first-order chi connectivity index (χ1) is 17.2. The zero-order valence-corrected chi connectivity index (χ0v) is 18.9. The Morgan fingerprint density at radius 1 is 1.06 bits per heavy atom. The Morgan fingerprint density at radius 3 is 2.74 bits per heavy atom. The van der Waals surface area contributed by atoms with Gasteiger partial charge in [0.05, 0.1) is 18.0 Å². The molecule has 0 saturated heterocycles. The molecule has 6 rings (SSSR count). The van der Waals surface area contributed by atoms with Crippen molar-refractivity contribution in [3.63, 3.8) is 0 Å². The summed E-state index contributed by atoms with van der Waals surface area (Å²) in [5, 5.41) is 20.2. The molecular weight excluding hydrogens is 446 g/mol. The summed E-state index contributed by atoms with van der Waals surface area (Å²) in [6.45, 7) is 1.20. The molecule has 0 unspecified atom stereocenters. The Hall–Kier alpha value is -4.54. The third kappa shape index (κ3) is 3.80. The van der Waals surface area contributed by atoms with Crippen molar-refractivity contribution in [2.45, 2.75) is 32.2 Å². The lowest BCUT2D eigenvalue weighted by Crippen LogP contribution is -2.31. The lowest BCUT2D eigenvalue weighted by molar-refractivity contribution is 0.0948. The zero-order valence-electron chi connectivity index (χ0n) is 18.9. The summed E-state index contributed by atoms with van der Waals surface area (Å²) in [7, 11) is 0. The van der Waals surface area contributed by atoms with Crippen molar-refractivity contribution >= 4 is 23.1 Å². The SMILES string of the molecule is Nc1nonc1-n1nnc(C(=O)N/N=C2/CCc3ccccc32)c1CN1CCCc2ccccc21. The van der Waals surface area contributed by atoms with E-state index in [0.29, 0.717) is 12.2 Å². The third-order valence-corrected chi connectivity index (χ3v) is 6.47. The molecule has 1 aliphatic carbocycles. The highest BCUT2D eigenvalue weighted by Gasteiger charge is 2.27. The summed E-state index contributed by atoms with van der Waals surface area (Å²) in [6, 6.07) is 16.3. The molecule has 2 aliphatic rings. The largest absolute Gasteiger partial charge is 0.378 e. The molecule has 0 bridgehead atoms. The van der Waals surface area contributed by atoms with Crippen LogP contribution in [-0.2, 0) is 19.4 Å². The highest BCUT2D eigenvalue weighted by Crippen LogP contribution is 2.29. The van der Waals surface area contributed by atoms with E-state index in [9.17, 15) is 4.79 Å². The van der Waals surface area contributed by atoms with Crippen LogP contribution in [0.3, 0.4) is 0 Å². The van der Waals surface area contributed by atoms with Crippen molar-refractivity contribution < 1.29 is 9.42 Å². The average molecular weight is 470 g/mol. The molecule has 0 saturated carbocycles. The van der Waals surface area contributed by atoms with E-state index in [4.69, 9.17) is 10.4 Å². The van der Waals surface area contributed by atoms with E-state index >= 15 is 0 Å². The zero-order chi connectivity index (χ0) is 23.8. The molecule has 1 aliphatic heterocycles. The van der Waals surface area contributed by atoms with Crippen LogP contribution in [0.4, 0.5) is 11.5 Å². The first-order valence-electron chi connectivity index (χ1n) is 11.5. The second-order valence-corrected chi connectivity index (χ2v) is 8.58. The number of anilines is 2. The van der Waals surface area contributed by atoms with Gasteiger partial charge < -0.3 is 10.6 Å². The van der Waals surface area contributed by atoms with Crippen molar-refractivity contribution in [1.29, 1.82) is 0 Å². The van der Waals surface area contributed by atoms with Gasteiger partial charge in [-0.25, -0.2) is 10.1 Å². The smallest absolute Gasteiger partial charge is 0.293 e. The fraction of sp³-hybridized carbons (Fsp3) is 0.250. The minimum Gasteiger partial charge on any atom is -0.378 e. The fourth-order valence-corrected chi connectivity index (χ4v) is 4.78. The molecule has 35 heavy (non-hydrogen) atoms. The molecule has 4 aromatic rings. The Kier molecular flexibility index (Phi) is 5.21. The number of benzene rings is 2. The standard InChI is InChI=1S/C24H23N9O2/c25-22-23(30-35-29-22)33-20(14-32-13-5-8-16-7-2-4-10-19(16)32)21(27-31-33)24(34)28-26-18-12-11-15-6-1-3-9-17(15)18/h1-4,6-7,9-10H,5,8,11-14H2,(H2,25,29)(H,28,34)/b26-18-. The Labute approximate surface area is 200 Å². The van der Waals surface area contributed by atoms with Crippen LogP contribution in [0.25, 0.3) is 5.82 Å². The van der Waals surface area contributed by atoms with Crippen molar-refractivity contribution in [3.05, 3.63) is 76.6 Å². The number of para-hydroxylation sites is 1. The van der Waals surface area contributed by atoms with Gasteiger partial charge in [0.15, 0.2) is 5.69 Å². The maximum atomic E-state index is 13.2. The number of carbonyl (C=O) groups excluding carboxylic acids is 1. The van der Waals surface area contributed by atoms with Crippen LogP contribution in [0.1, 0.15) is 45.7 Å². The number of carbonyl (C=O) groups is 1. The predicted octanol–water partition coefficient (Wildman–Crippen LogP) is 2.27. The molecule has 11 heteroatoms. The number of hydrazone groups is 1. The van der Waals surface area contributed by atoms with Crippen LogP contribution < -0.4 is 16.1 Å².